The van der Waals surface area contributed by atoms with Crippen LogP contribution in [0.1, 0.15) is 0 Å². The summed E-state index contributed by atoms with van der Waals surface area (Å²) in [4.78, 5) is 15.0. The number of hydrogen-bond donors (Lipinski definition) is 0. The van der Waals surface area contributed by atoms with Crippen LogP contribution in [0.4, 0.5) is 13.2 Å². The van der Waals surface area contributed by atoms with Crippen LogP contribution in [0.3, 0.4) is 0 Å². The molecule has 0 N–H and O–H groups in total. The molecule has 0 bridgehead atoms. The van der Waals surface area contributed by atoms with E-state index < -0.39 is 18.2 Å². The molecule has 1 aliphatic heterocycles. The summed E-state index contributed by atoms with van der Waals surface area (Å²) in [5.74, 6) is -1.08. The van der Waals surface area contributed by atoms with Gasteiger partial charge in [-0.2, -0.15) is 13.2 Å². The standard InChI is InChI=1S/C17H12Cl2F3NO4/c18-10-1-4-12(5-2-10)25-14-6-3-11(19)7-15(14)26-13-8-23(9-13)27-16(24)17(20,21)22/h1-7,13H,8-9H2. The molecule has 1 aliphatic rings. The van der Waals surface area contributed by atoms with Crippen molar-refractivity contribution in [3.05, 3.63) is 52.5 Å². The Kier molecular flexibility index (Phi) is 5.69. The Morgan fingerprint density at radius 1 is 1.00 bits per heavy atom. The predicted octanol–water partition coefficient (Wildman–Crippen LogP) is 4.87. The summed E-state index contributed by atoms with van der Waals surface area (Å²) in [6.07, 6.45) is -5.53. The Labute approximate surface area is 162 Å². The van der Waals surface area contributed by atoms with Gasteiger partial charge in [-0.05, 0) is 36.4 Å². The van der Waals surface area contributed by atoms with Crippen LogP contribution in [0.2, 0.25) is 10.0 Å². The summed E-state index contributed by atoms with van der Waals surface area (Å²) in [5.41, 5.74) is 0. The zero-order valence-corrected chi connectivity index (χ0v) is 15.0. The molecule has 0 unspecified atom stereocenters. The van der Waals surface area contributed by atoms with E-state index >= 15 is 0 Å². The van der Waals surface area contributed by atoms with Gasteiger partial charge in [0.1, 0.15) is 11.9 Å². The Bertz CT molecular complexity index is 824. The van der Waals surface area contributed by atoms with E-state index in [1.165, 1.54) is 6.07 Å². The fraction of sp³-hybridized carbons (Fsp3) is 0.235. The lowest BCUT2D eigenvalue weighted by Crippen LogP contribution is -2.55. The average molecular weight is 422 g/mol. The monoisotopic (exact) mass is 421 g/mol. The van der Waals surface area contributed by atoms with Gasteiger partial charge in [0.2, 0.25) is 0 Å². The first-order valence-corrected chi connectivity index (χ1v) is 8.40. The van der Waals surface area contributed by atoms with Crippen molar-refractivity contribution in [1.82, 2.24) is 5.06 Å². The molecule has 5 nitrogen and oxygen atoms in total. The van der Waals surface area contributed by atoms with E-state index in [4.69, 9.17) is 32.7 Å². The highest BCUT2D eigenvalue weighted by atomic mass is 35.5. The number of hydrogen-bond acceptors (Lipinski definition) is 5. The number of nitrogens with zero attached hydrogens (tertiary/aromatic N) is 1. The first kappa shape index (κ1) is 19.6. The summed E-state index contributed by atoms with van der Waals surface area (Å²) < 4.78 is 48.0. The normalized spacial score (nSPS) is 15.1. The van der Waals surface area contributed by atoms with E-state index in [0.717, 1.165) is 5.06 Å². The zero-order valence-electron chi connectivity index (χ0n) is 13.5. The molecular formula is C17H12Cl2F3NO4. The minimum absolute atomic E-state index is 0.0191. The van der Waals surface area contributed by atoms with Crippen molar-refractivity contribution >= 4 is 29.2 Å². The highest BCUT2D eigenvalue weighted by Gasteiger charge is 2.44. The number of benzene rings is 2. The summed E-state index contributed by atoms with van der Waals surface area (Å²) >= 11 is 11.8. The van der Waals surface area contributed by atoms with Gasteiger partial charge in [0.25, 0.3) is 0 Å². The minimum atomic E-state index is -5.04. The highest BCUT2D eigenvalue weighted by Crippen LogP contribution is 2.36. The van der Waals surface area contributed by atoms with Crippen molar-refractivity contribution in [2.45, 2.75) is 12.3 Å². The smallest absolute Gasteiger partial charge is 0.484 e. The Hall–Kier alpha value is -2.16. The Balaban J connectivity index is 1.61. The number of hydroxylamine groups is 2. The maximum atomic E-state index is 12.2. The molecule has 2 aromatic carbocycles. The van der Waals surface area contributed by atoms with E-state index in [1.54, 1.807) is 36.4 Å². The fourth-order valence-electron chi connectivity index (χ4n) is 2.19. The van der Waals surface area contributed by atoms with Gasteiger partial charge in [-0.25, -0.2) is 4.79 Å². The second-order valence-electron chi connectivity index (χ2n) is 5.61. The summed E-state index contributed by atoms with van der Waals surface area (Å²) in [5, 5.41) is 1.82. The zero-order chi connectivity index (χ0) is 19.6. The van der Waals surface area contributed by atoms with Gasteiger partial charge in [-0.1, -0.05) is 23.2 Å². The molecule has 0 radical (unpaired) electrons. The van der Waals surface area contributed by atoms with Crippen molar-refractivity contribution in [3.63, 3.8) is 0 Å². The van der Waals surface area contributed by atoms with Gasteiger partial charge in [-0.15, -0.1) is 5.06 Å². The third-order valence-electron chi connectivity index (χ3n) is 3.50. The SMILES string of the molecule is O=C(ON1CC(Oc2cc(Cl)ccc2Oc2ccc(Cl)cc2)C1)C(F)(F)F. The van der Waals surface area contributed by atoms with Crippen LogP contribution in [-0.4, -0.2) is 36.4 Å². The molecule has 0 spiro atoms. The molecule has 0 amide bonds. The lowest BCUT2D eigenvalue weighted by Gasteiger charge is -2.37. The van der Waals surface area contributed by atoms with Crippen molar-refractivity contribution in [2.75, 3.05) is 13.1 Å². The lowest BCUT2D eigenvalue weighted by atomic mass is 10.2. The van der Waals surface area contributed by atoms with Crippen LogP contribution in [0.25, 0.3) is 0 Å². The number of alkyl halides is 3. The van der Waals surface area contributed by atoms with E-state index in [1.807, 2.05) is 0 Å². The Morgan fingerprint density at radius 2 is 1.63 bits per heavy atom. The van der Waals surface area contributed by atoms with Gasteiger partial charge in [0.05, 0.1) is 13.1 Å². The van der Waals surface area contributed by atoms with Gasteiger partial charge in [-0.3, -0.25) is 0 Å². The van der Waals surface area contributed by atoms with Crippen LogP contribution in [0, 0.1) is 0 Å². The molecule has 0 saturated carbocycles. The number of halogens is 5. The molecule has 0 aliphatic carbocycles. The van der Waals surface area contributed by atoms with E-state index in [9.17, 15) is 18.0 Å². The van der Waals surface area contributed by atoms with Crippen LogP contribution < -0.4 is 9.47 Å². The number of carbonyl (C=O) groups excluding carboxylic acids is 1. The third-order valence-corrected chi connectivity index (χ3v) is 3.99. The predicted molar refractivity (Wildman–Crippen MR) is 91.1 cm³/mol. The highest BCUT2D eigenvalue weighted by molar-refractivity contribution is 6.31. The Morgan fingerprint density at radius 3 is 2.26 bits per heavy atom. The molecular weight excluding hydrogens is 410 g/mol. The van der Waals surface area contributed by atoms with Gasteiger partial charge in [0, 0.05) is 16.1 Å². The maximum Gasteiger partial charge on any atom is 0.492 e. The van der Waals surface area contributed by atoms with Crippen LogP contribution in [0.15, 0.2) is 42.5 Å². The molecule has 2 aromatic rings. The summed E-state index contributed by atoms with van der Waals surface area (Å²) in [6, 6.07) is 11.4. The van der Waals surface area contributed by atoms with Crippen molar-refractivity contribution < 1.29 is 32.3 Å². The second-order valence-corrected chi connectivity index (χ2v) is 6.48. The maximum absolute atomic E-state index is 12.2. The quantitative estimate of drug-likeness (QED) is 0.689. The van der Waals surface area contributed by atoms with Crippen LogP contribution >= 0.6 is 23.2 Å². The van der Waals surface area contributed by atoms with E-state index in [-0.39, 0.29) is 13.1 Å². The number of carbonyl (C=O) groups is 1. The molecule has 144 valence electrons. The largest absolute Gasteiger partial charge is 0.492 e. The van der Waals surface area contributed by atoms with E-state index in [2.05, 4.69) is 4.84 Å². The summed E-state index contributed by atoms with van der Waals surface area (Å²) in [6.45, 7) is -0.0383. The molecule has 1 saturated heterocycles. The summed E-state index contributed by atoms with van der Waals surface area (Å²) in [7, 11) is 0. The van der Waals surface area contributed by atoms with Gasteiger partial charge in [0.15, 0.2) is 11.5 Å². The molecule has 1 fully saturated rings. The fourth-order valence-corrected chi connectivity index (χ4v) is 2.47. The molecule has 0 atom stereocenters. The van der Waals surface area contributed by atoms with Gasteiger partial charge < -0.3 is 14.3 Å². The molecule has 3 rings (SSSR count). The third kappa shape index (κ3) is 5.18. The van der Waals surface area contributed by atoms with Crippen molar-refractivity contribution in [3.8, 4) is 17.2 Å². The molecule has 10 heteroatoms. The van der Waals surface area contributed by atoms with Crippen molar-refractivity contribution in [1.29, 1.82) is 0 Å². The van der Waals surface area contributed by atoms with Crippen molar-refractivity contribution in [2.24, 2.45) is 0 Å². The van der Waals surface area contributed by atoms with Crippen LogP contribution in [0.5, 0.6) is 17.2 Å². The second kappa shape index (κ2) is 7.84. The number of rotatable bonds is 5. The van der Waals surface area contributed by atoms with Crippen LogP contribution in [-0.2, 0) is 9.63 Å². The lowest BCUT2D eigenvalue weighted by molar-refractivity contribution is -0.262. The number of ether oxygens (including phenoxy) is 2. The molecule has 0 aromatic heterocycles. The first-order chi connectivity index (χ1) is 12.7. The minimum Gasteiger partial charge on any atom is -0.484 e. The van der Waals surface area contributed by atoms with Gasteiger partial charge >= 0.3 is 12.1 Å². The first-order valence-electron chi connectivity index (χ1n) is 7.64. The average Bonchev–Trinajstić information content (AvgIpc) is 2.56. The molecule has 1 heterocycles. The topological polar surface area (TPSA) is 48.0 Å². The van der Waals surface area contributed by atoms with E-state index in [0.29, 0.717) is 27.3 Å². The molecule has 27 heavy (non-hydrogen) atoms.